The molecule has 0 aliphatic rings. The molecule has 0 aliphatic heterocycles. The van der Waals surface area contributed by atoms with Crippen molar-refractivity contribution in [3.63, 3.8) is 0 Å². The summed E-state index contributed by atoms with van der Waals surface area (Å²) in [4.78, 5) is 0. The lowest BCUT2D eigenvalue weighted by Gasteiger charge is -2.12. The van der Waals surface area contributed by atoms with Crippen molar-refractivity contribution in [3.05, 3.63) is 24.5 Å². The Hall–Kier alpha value is -2.08. The van der Waals surface area contributed by atoms with Crippen molar-refractivity contribution in [3.8, 4) is 22.9 Å². The average molecular weight is 291 g/mol. The topological polar surface area (TPSA) is 58.4 Å². The van der Waals surface area contributed by atoms with Crippen LogP contribution in [0.15, 0.2) is 24.5 Å². The fourth-order valence-electron chi connectivity index (χ4n) is 2.02. The van der Waals surface area contributed by atoms with Crippen LogP contribution in [0.3, 0.4) is 0 Å². The molecule has 1 aromatic heterocycles. The molecule has 2 aromatic rings. The molecule has 0 atom stereocenters. The molecule has 0 unspecified atom stereocenters. The minimum absolute atomic E-state index is 0.583. The van der Waals surface area contributed by atoms with Crippen molar-refractivity contribution in [2.45, 2.75) is 20.4 Å². The fraction of sp³-hybridized carbons (Fsp3) is 0.467. The van der Waals surface area contributed by atoms with Crippen LogP contribution in [0.1, 0.15) is 13.8 Å². The van der Waals surface area contributed by atoms with E-state index in [2.05, 4.69) is 10.2 Å². The molecule has 1 aromatic carbocycles. The van der Waals surface area contributed by atoms with Crippen LogP contribution < -0.4 is 9.47 Å². The summed E-state index contributed by atoms with van der Waals surface area (Å²) in [6.45, 7) is 6.40. The Balaban J connectivity index is 2.31. The summed E-state index contributed by atoms with van der Waals surface area (Å²) in [6, 6.07) is 5.79. The van der Waals surface area contributed by atoms with E-state index in [0.717, 1.165) is 22.9 Å². The van der Waals surface area contributed by atoms with Crippen molar-refractivity contribution in [1.82, 2.24) is 14.8 Å². The van der Waals surface area contributed by atoms with E-state index in [1.54, 1.807) is 13.4 Å². The lowest BCUT2D eigenvalue weighted by molar-refractivity contribution is 0.187. The summed E-state index contributed by atoms with van der Waals surface area (Å²) in [5, 5.41) is 8.15. The Morgan fingerprint density at radius 1 is 1.10 bits per heavy atom. The summed E-state index contributed by atoms with van der Waals surface area (Å²) in [5.41, 5.74) is 0.940. The van der Waals surface area contributed by atoms with Gasteiger partial charge >= 0.3 is 0 Å². The predicted octanol–water partition coefficient (Wildman–Crippen LogP) is 2.39. The van der Waals surface area contributed by atoms with Gasteiger partial charge in [-0.05, 0) is 32.0 Å². The molecule has 0 aliphatic carbocycles. The number of methoxy groups -OCH3 is 1. The third-order valence-corrected chi connectivity index (χ3v) is 2.95. The summed E-state index contributed by atoms with van der Waals surface area (Å²) >= 11 is 0. The van der Waals surface area contributed by atoms with Crippen LogP contribution in [-0.4, -0.2) is 41.7 Å². The molecule has 6 nitrogen and oxygen atoms in total. The molecule has 0 fully saturated rings. The first-order valence-corrected chi connectivity index (χ1v) is 7.06. The molecule has 2 rings (SSSR count). The zero-order valence-corrected chi connectivity index (χ0v) is 12.7. The van der Waals surface area contributed by atoms with Gasteiger partial charge in [0.05, 0.1) is 19.8 Å². The van der Waals surface area contributed by atoms with Gasteiger partial charge < -0.3 is 18.8 Å². The van der Waals surface area contributed by atoms with E-state index in [1.165, 1.54) is 0 Å². The van der Waals surface area contributed by atoms with Gasteiger partial charge in [-0.25, -0.2) is 0 Å². The zero-order chi connectivity index (χ0) is 15.1. The molecule has 0 bridgehead atoms. The lowest BCUT2D eigenvalue weighted by atomic mass is 10.2. The van der Waals surface area contributed by atoms with E-state index < -0.39 is 0 Å². The van der Waals surface area contributed by atoms with Crippen LogP contribution in [0.2, 0.25) is 0 Å². The number of hydrogen-bond acceptors (Lipinski definition) is 5. The van der Waals surface area contributed by atoms with Crippen LogP contribution in [-0.2, 0) is 11.3 Å². The van der Waals surface area contributed by atoms with Crippen molar-refractivity contribution < 1.29 is 14.2 Å². The van der Waals surface area contributed by atoms with E-state index >= 15 is 0 Å². The first-order chi connectivity index (χ1) is 10.3. The zero-order valence-electron chi connectivity index (χ0n) is 12.7. The number of aromatic nitrogens is 3. The highest BCUT2D eigenvalue weighted by Crippen LogP contribution is 2.32. The molecular weight excluding hydrogens is 270 g/mol. The smallest absolute Gasteiger partial charge is 0.163 e. The van der Waals surface area contributed by atoms with E-state index in [1.807, 2.05) is 36.6 Å². The second-order valence-electron chi connectivity index (χ2n) is 4.37. The van der Waals surface area contributed by atoms with Crippen molar-refractivity contribution in [1.29, 1.82) is 0 Å². The Morgan fingerprint density at radius 2 is 1.86 bits per heavy atom. The SMILES string of the molecule is CCOc1ccc(-c2nncn2CCOC)cc1OCC. The van der Waals surface area contributed by atoms with E-state index in [-0.39, 0.29) is 0 Å². The van der Waals surface area contributed by atoms with Gasteiger partial charge in [-0.1, -0.05) is 0 Å². The van der Waals surface area contributed by atoms with Gasteiger partial charge in [0.2, 0.25) is 0 Å². The van der Waals surface area contributed by atoms with Gasteiger partial charge in [0.1, 0.15) is 6.33 Å². The number of benzene rings is 1. The molecule has 0 spiro atoms. The molecule has 0 amide bonds. The summed E-state index contributed by atoms with van der Waals surface area (Å²) < 4.78 is 18.3. The number of rotatable bonds is 8. The maximum atomic E-state index is 5.64. The largest absolute Gasteiger partial charge is 0.490 e. The van der Waals surface area contributed by atoms with Crippen molar-refractivity contribution in [2.75, 3.05) is 26.9 Å². The van der Waals surface area contributed by atoms with Gasteiger partial charge in [-0.15, -0.1) is 10.2 Å². The predicted molar refractivity (Wildman–Crippen MR) is 79.7 cm³/mol. The maximum absolute atomic E-state index is 5.64. The second-order valence-corrected chi connectivity index (χ2v) is 4.37. The van der Waals surface area contributed by atoms with Crippen molar-refractivity contribution in [2.24, 2.45) is 0 Å². The summed E-state index contributed by atoms with van der Waals surface area (Å²) in [5.74, 6) is 2.25. The monoisotopic (exact) mass is 291 g/mol. The third-order valence-electron chi connectivity index (χ3n) is 2.95. The third kappa shape index (κ3) is 3.72. The van der Waals surface area contributed by atoms with Crippen LogP contribution in [0.4, 0.5) is 0 Å². The summed E-state index contributed by atoms with van der Waals surface area (Å²) in [7, 11) is 1.67. The molecule has 1 heterocycles. The average Bonchev–Trinajstić information content (AvgIpc) is 2.96. The minimum Gasteiger partial charge on any atom is -0.490 e. The van der Waals surface area contributed by atoms with Crippen LogP contribution in [0.5, 0.6) is 11.5 Å². The molecule has 0 radical (unpaired) electrons. The first-order valence-electron chi connectivity index (χ1n) is 7.06. The second kappa shape index (κ2) is 7.64. The fourth-order valence-corrected chi connectivity index (χ4v) is 2.02. The van der Waals surface area contributed by atoms with Crippen LogP contribution in [0, 0.1) is 0 Å². The molecule has 114 valence electrons. The van der Waals surface area contributed by atoms with Gasteiger partial charge in [-0.2, -0.15) is 0 Å². The number of nitrogens with zero attached hydrogens (tertiary/aromatic N) is 3. The van der Waals surface area contributed by atoms with E-state index in [0.29, 0.717) is 26.4 Å². The van der Waals surface area contributed by atoms with Gasteiger partial charge in [-0.3, -0.25) is 0 Å². The molecule has 0 saturated heterocycles. The highest BCUT2D eigenvalue weighted by molar-refractivity contribution is 5.61. The Labute approximate surface area is 124 Å². The lowest BCUT2D eigenvalue weighted by Crippen LogP contribution is -2.05. The Morgan fingerprint density at radius 3 is 2.57 bits per heavy atom. The molecule has 21 heavy (non-hydrogen) atoms. The maximum Gasteiger partial charge on any atom is 0.163 e. The van der Waals surface area contributed by atoms with Crippen LogP contribution in [0.25, 0.3) is 11.4 Å². The Kier molecular flexibility index (Phi) is 5.57. The number of hydrogen-bond donors (Lipinski definition) is 0. The standard InChI is InChI=1S/C15H21N3O3/c1-4-20-13-7-6-12(10-14(13)21-5-2)15-17-16-11-18(15)8-9-19-3/h6-7,10-11H,4-5,8-9H2,1-3H3. The summed E-state index contributed by atoms with van der Waals surface area (Å²) in [6.07, 6.45) is 1.70. The van der Waals surface area contributed by atoms with Gasteiger partial charge in [0.25, 0.3) is 0 Å². The van der Waals surface area contributed by atoms with E-state index in [9.17, 15) is 0 Å². The van der Waals surface area contributed by atoms with Crippen molar-refractivity contribution >= 4 is 0 Å². The van der Waals surface area contributed by atoms with Crippen LogP contribution >= 0.6 is 0 Å². The molecule has 0 saturated carbocycles. The molecular formula is C15H21N3O3. The minimum atomic E-state index is 0.583. The number of ether oxygens (including phenoxy) is 3. The van der Waals surface area contributed by atoms with Gasteiger partial charge in [0, 0.05) is 19.2 Å². The van der Waals surface area contributed by atoms with E-state index in [4.69, 9.17) is 14.2 Å². The molecule has 0 N–H and O–H groups in total. The highest BCUT2D eigenvalue weighted by Gasteiger charge is 2.12. The van der Waals surface area contributed by atoms with Gasteiger partial charge in [0.15, 0.2) is 17.3 Å². The first kappa shape index (κ1) is 15.3. The normalized spacial score (nSPS) is 10.6. The Bertz CT molecular complexity index is 569. The quantitative estimate of drug-likeness (QED) is 0.747. The highest BCUT2D eigenvalue weighted by atomic mass is 16.5. The molecule has 6 heteroatoms.